The van der Waals surface area contributed by atoms with Gasteiger partial charge in [-0.3, -0.25) is 9.59 Å². The Kier molecular flexibility index (Phi) is 10.5. The lowest BCUT2D eigenvalue weighted by Gasteiger charge is -2.33. The molecule has 2 aromatic heterocycles. The molecule has 5 heterocycles. The number of aromatic nitrogens is 4. The smallest absolute Gasteiger partial charge is 0.407 e. The molecule has 3 aliphatic heterocycles. The first kappa shape index (κ1) is 41.8. The topological polar surface area (TPSA) is 184 Å². The fraction of sp³-hybridized carbons (Fsp3) is 0.469. The summed E-state index contributed by atoms with van der Waals surface area (Å²) in [6.45, 7) is 9.53. The maximum atomic E-state index is 14.3. The van der Waals surface area contributed by atoms with Gasteiger partial charge in [0, 0.05) is 35.4 Å². The number of nitrogens with zero attached hydrogens (tertiary/aromatic N) is 4. The molecule has 3 saturated heterocycles. The Morgan fingerprint density at radius 3 is 1.84 bits per heavy atom. The highest BCUT2D eigenvalue weighted by Crippen LogP contribution is 2.54. The van der Waals surface area contributed by atoms with Gasteiger partial charge in [0.15, 0.2) is 0 Å². The van der Waals surface area contributed by atoms with E-state index in [4.69, 9.17) is 24.2 Å². The van der Waals surface area contributed by atoms with Gasteiger partial charge >= 0.3 is 12.2 Å². The van der Waals surface area contributed by atoms with E-state index in [2.05, 4.69) is 81.3 Å². The molecule has 0 bridgehead atoms. The highest BCUT2D eigenvalue weighted by molar-refractivity contribution is 6.07. The van der Waals surface area contributed by atoms with Gasteiger partial charge in [0.25, 0.3) is 0 Å². The van der Waals surface area contributed by atoms with Crippen molar-refractivity contribution in [2.24, 2.45) is 23.2 Å². The number of imidazole rings is 2. The second-order valence-electron chi connectivity index (χ2n) is 19.2. The van der Waals surface area contributed by atoms with Gasteiger partial charge in [-0.2, -0.15) is 0 Å². The molecule has 10 rings (SSSR count). The molecule has 6 aromatic rings. The van der Waals surface area contributed by atoms with Crippen molar-refractivity contribution in [3.05, 3.63) is 72.3 Å². The number of carbonyl (C=O) groups excluding carboxylic acids is 4. The van der Waals surface area contributed by atoms with E-state index >= 15 is 0 Å². The highest BCUT2D eigenvalue weighted by atomic mass is 16.5. The fourth-order valence-electron chi connectivity index (χ4n) is 10.8. The van der Waals surface area contributed by atoms with Crippen LogP contribution in [0.25, 0.3) is 54.7 Å². The lowest BCUT2D eigenvalue weighted by molar-refractivity contribution is -0.137. The van der Waals surface area contributed by atoms with Gasteiger partial charge in [-0.25, -0.2) is 19.6 Å². The normalized spacial score (nSPS) is 23.9. The Bertz CT molecular complexity index is 2830. The lowest BCUT2D eigenvalue weighted by Crippen LogP contribution is -2.52. The molecule has 4 N–H and O–H groups in total. The summed E-state index contributed by atoms with van der Waals surface area (Å²) >= 11 is 0. The van der Waals surface area contributed by atoms with Gasteiger partial charge in [-0.15, -0.1) is 0 Å². The fourth-order valence-corrected chi connectivity index (χ4v) is 10.8. The minimum Gasteiger partial charge on any atom is -0.453 e. The number of hydrogen-bond donors (Lipinski definition) is 4. The van der Waals surface area contributed by atoms with Crippen molar-refractivity contribution in [1.82, 2.24) is 40.4 Å². The molecule has 1 spiro atoms. The zero-order chi connectivity index (χ0) is 44.6. The van der Waals surface area contributed by atoms with E-state index < -0.39 is 24.3 Å². The number of methoxy groups -OCH3 is 2. The van der Waals surface area contributed by atoms with Crippen LogP contribution in [0.4, 0.5) is 9.59 Å². The van der Waals surface area contributed by atoms with E-state index in [1.54, 1.807) is 0 Å². The number of rotatable bonds is 9. The number of carbonyl (C=O) groups is 4. The van der Waals surface area contributed by atoms with Crippen molar-refractivity contribution >= 4 is 67.6 Å². The summed E-state index contributed by atoms with van der Waals surface area (Å²) < 4.78 is 15.7. The third-order valence-electron chi connectivity index (χ3n) is 14.3. The van der Waals surface area contributed by atoms with Crippen molar-refractivity contribution in [3.63, 3.8) is 0 Å². The Hall–Kier alpha value is -6.22. The molecule has 4 aliphatic rings. The molecule has 15 heteroatoms. The van der Waals surface area contributed by atoms with Crippen molar-refractivity contribution in [2.45, 2.75) is 90.0 Å². The molecule has 7 atom stereocenters. The highest BCUT2D eigenvalue weighted by Gasteiger charge is 2.56. The summed E-state index contributed by atoms with van der Waals surface area (Å²) in [5.41, 5.74) is 5.45. The third-order valence-corrected chi connectivity index (χ3v) is 14.3. The lowest BCUT2D eigenvalue weighted by atomic mass is 9.80. The number of H-pyrrole nitrogens is 2. The molecular formula is C49H56N8O7. The SMILES string of the molecule is COC(=O)N[C@H](C(=O)N1C[C@]2(CCCOC2)C[C@H]1c1nc2c(ccc3cc(-c4ccc5c(ccc6[nH]c([C@@H]7C[C@@H]8C[C@@H]8N7C(=O)[C@@H](NC(=O)OC)C(C)C)nc65)c4)ccc32)[nH]1)C(C)C. The quantitative estimate of drug-likeness (QED) is 0.112. The van der Waals surface area contributed by atoms with Crippen LogP contribution in [0.2, 0.25) is 0 Å². The van der Waals surface area contributed by atoms with E-state index in [1.807, 2.05) is 37.5 Å². The Labute approximate surface area is 371 Å². The maximum absolute atomic E-state index is 14.3. The minimum absolute atomic E-state index is 0.101. The molecule has 4 aromatic carbocycles. The standard InChI is InChI=1S/C49H56N8O7/c1-25(2)39(54-47(60)62-5)45(58)56-23-49(16-7-17-64-24-49)22-38(56)44-51-35-15-11-30-19-28(9-13-33(30)42(35)53-44)27-8-12-32-29(18-27)10-14-34-41(32)52-43(50-34)37-21-31-20-36(31)57(37)46(59)40(26(3)4)55-48(61)63-6/h8-15,18-19,25-26,31,36-40H,7,16-17,20-24H2,1-6H3,(H,50,52)(H,51,53)(H,54,60)(H,55,61)/t31-,36-,37-,38-,39-,40-,49-/m0/s1. The van der Waals surface area contributed by atoms with Crippen LogP contribution in [0.1, 0.15) is 83.5 Å². The number of nitrogens with one attached hydrogen (secondary N) is 4. The van der Waals surface area contributed by atoms with E-state index in [0.29, 0.717) is 25.5 Å². The Morgan fingerprint density at radius 2 is 1.31 bits per heavy atom. The number of fused-ring (bicyclic) bond motifs is 7. The monoisotopic (exact) mass is 868 g/mol. The van der Waals surface area contributed by atoms with Gasteiger partial charge in [0.1, 0.15) is 23.7 Å². The molecule has 4 amide bonds. The molecule has 64 heavy (non-hydrogen) atoms. The second-order valence-corrected chi connectivity index (χ2v) is 19.2. The molecule has 0 unspecified atom stereocenters. The second kappa shape index (κ2) is 16.1. The van der Waals surface area contributed by atoms with Crippen molar-refractivity contribution in [2.75, 3.05) is 34.0 Å². The van der Waals surface area contributed by atoms with Gasteiger partial charge < -0.3 is 44.6 Å². The largest absolute Gasteiger partial charge is 0.453 e. The number of ether oxygens (including phenoxy) is 3. The first-order valence-corrected chi connectivity index (χ1v) is 22.6. The number of aromatic amines is 2. The zero-order valence-corrected chi connectivity index (χ0v) is 37.2. The van der Waals surface area contributed by atoms with Crippen molar-refractivity contribution < 1.29 is 33.4 Å². The number of alkyl carbamates (subject to hydrolysis) is 2. The zero-order valence-electron chi connectivity index (χ0n) is 37.2. The van der Waals surface area contributed by atoms with Crippen LogP contribution in [-0.4, -0.2) is 106 Å². The molecule has 1 aliphatic carbocycles. The van der Waals surface area contributed by atoms with Crippen LogP contribution in [0.5, 0.6) is 0 Å². The van der Waals surface area contributed by atoms with Crippen LogP contribution >= 0.6 is 0 Å². The van der Waals surface area contributed by atoms with Gasteiger partial charge in [-0.05, 0) is 96.0 Å². The number of likely N-dealkylation sites (tertiary alicyclic amines) is 2. The van der Waals surface area contributed by atoms with Crippen LogP contribution in [-0.2, 0) is 23.8 Å². The molecule has 334 valence electrons. The summed E-state index contributed by atoms with van der Waals surface area (Å²) in [6.07, 6.45) is 3.16. The number of hydrogen-bond acceptors (Lipinski definition) is 9. The molecular weight excluding hydrogens is 813 g/mol. The van der Waals surface area contributed by atoms with E-state index in [-0.39, 0.29) is 47.2 Å². The third kappa shape index (κ3) is 7.27. The number of amides is 4. The Balaban J connectivity index is 0.931. The van der Waals surface area contributed by atoms with Gasteiger partial charge in [0.2, 0.25) is 11.8 Å². The average molecular weight is 869 g/mol. The van der Waals surface area contributed by atoms with E-state index in [0.717, 1.165) is 98.7 Å². The van der Waals surface area contributed by atoms with Crippen LogP contribution in [0.15, 0.2) is 60.7 Å². The molecule has 0 radical (unpaired) electrons. The summed E-state index contributed by atoms with van der Waals surface area (Å²) in [5, 5.41) is 9.67. The summed E-state index contributed by atoms with van der Waals surface area (Å²) in [7, 11) is 2.61. The summed E-state index contributed by atoms with van der Waals surface area (Å²) in [5.74, 6) is 1.41. The molecule has 4 fully saturated rings. The number of benzene rings is 4. The van der Waals surface area contributed by atoms with E-state index in [1.165, 1.54) is 14.2 Å². The Morgan fingerprint density at radius 1 is 0.750 bits per heavy atom. The van der Waals surface area contributed by atoms with Crippen molar-refractivity contribution in [3.8, 4) is 11.1 Å². The van der Waals surface area contributed by atoms with Crippen molar-refractivity contribution in [1.29, 1.82) is 0 Å². The van der Waals surface area contributed by atoms with E-state index in [9.17, 15) is 19.2 Å². The first-order chi connectivity index (χ1) is 30.8. The predicted molar refractivity (Wildman–Crippen MR) is 242 cm³/mol. The van der Waals surface area contributed by atoms with Gasteiger partial charge in [0.05, 0.1) is 55.0 Å². The first-order valence-electron chi connectivity index (χ1n) is 22.6. The number of piperidine rings is 1. The maximum Gasteiger partial charge on any atom is 0.407 e. The minimum atomic E-state index is -0.747. The summed E-state index contributed by atoms with van der Waals surface area (Å²) in [4.78, 5) is 74.1. The molecule has 15 nitrogen and oxygen atoms in total. The van der Waals surface area contributed by atoms with Crippen LogP contribution < -0.4 is 10.6 Å². The molecule has 1 saturated carbocycles. The van der Waals surface area contributed by atoms with Gasteiger partial charge in [-0.1, -0.05) is 64.1 Å². The predicted octanol–water partition coefficient (Wildman–Crippen LogP) is 7.91. The van der Waals surface area contributed by atoms with Crippen LogP contribution in [0.3, 0.4) is 0 Å². The summed E-state index contributed by atoms with van der Waals surface area (Å²) in [6, 6.07) is 19.4. The van der Waals surface area contributed by atoms with Crippen LogP contribution in [0, 0.1) is 23.2 Å². The average Bonchev–Trinajstić information content (AvgIpc) is 3.68.